The molecule has 4 rings (SSSR count). The van der Waals surface area contributed by atoms with E-state index in [9.17, 15) is 9.18 Å². The fourth-order valence-electron chi connectivity index (χ4n) is 3.21. The van der Waals surface area contributed by atoms with Crippen LogP contribution in [0.4, 0.5) is 4.39 Å². The first-order chi connectivity index (χ1) is 12.2. The number of H-pyrrole nitrogens is 1. The van der Waals surface area contributed by atoms with E-state index in [0.717, 1.165) is 36.5 Å². The van der Waals surface area contributed by atoms with Crippen LogP contribution in [0.5, 0.6) is 0 Å². The number of aromatic nitrogens is 2. The molecule has 2 aromatic carbocycles. The molecule has 25 heavy (non-hydrogen) atoms. The Labute approximate surface area is 145 Å². The third-order valence-corrected chi connectivity index (χ3v) is 4.54. The number of imidazole rings is 1. The van der Waals surface area contributed by atoms with Gasteiger partial charge < -0.3 is 9.88 Å². The van der Waals surface area contributed by atoms with Crippen LogP contribution in [0.25, 0.3) is 11.0 Å². The number of halogens is 1. The number of hydrogen-bond donors (Lipinski definition) is 1. The van der Waals surface area contributed by atoms with Crippen molar-refractivity contribution in [3.05, 3.63) is 65.7 Å². The third kappa shape index (κ3) is 3.39. The molecule has 6 heteroatoms. The highest BCUT2D eigenvalue weighted by Gasteiger charge is 2.23. The number of piperazine rings is 1. The van der Waals surface area contributed by atoms with E-state index in [1.807, 2.05) is 24.3 Å². The summed E-state index contributed by atoms with van der Waals surface area (Å²) in [5, 5.41) is 0. The van der Waals surface area contributed by atoms with E-state index in [2.05, 4.69) is 14.9 Å². The van der Waals surface area contributed by atoms with Crippen LogP contribution in [0.15, 0.2) is 48.5 Å². The Morgan fingerprint density at radius 3 is 2.64 bits per heavy atom. The minimum absolute atomic E-state index is 0.108. The Morgan fingerprint density at radius 2 is 1.88 bits per heavy atom. The number of carbonyl (C=O) groups excluding carboxylic acids is 1. The van der Waals surface area contributed by atoms with Crippen molar-refractivity contribution in [2.45, 2.75) is 6.54 Å². The highest BCUT2D eigenvalue weighted by atomic mass is 19.1. The number of para-hydroxylation sites is 2. The van der Waals surface area contributed by atoms with Crippen LogP contribution in [-0.4, -0.2) is 51.9 Å². The van der Waals surface area contributed by atoms with Gasteiger partial charge in [0, 0.05) is 31.7 Å². The maximum atomic E-state index is 13.3. The van der Waals surface area contributed by atoms with Crippen LogP contribution < -0.4 is 0 Å². The van der Waals surface area contributed by atoms with Crippen molar-refractivity contribution in [1.82, 2.24) is 19.8 Å². The molecule has 3 aromatic rings. The minimum atomic E-state index is -0.380. The Morgan fingerprint density at radius 1 is 1.08 bits per heavy atom. The summed E-state index contributed by atoms with van der Waals surface area (Å²) < 4.78 is 13.3. The number of aromatic amines is 1. The Hall–Kier alpha value is -2.73. The van der Waals surface area contributed by atoms with Crippen LogP contribution >= 0.6 is 0 Å². The van der Waals surface area contributed by atoms with Crippen molar-refractivity contribution in [2.75, 3.05) is 26.2 Å². The van der Waals surface area contributed by atoms with E-state index in [1.54, 1.807) is 17.0 Å². The van der Waals surface area contributed by atoms with E-state index < -0.39 is 0 Å². The van der Waals surface area contributed by atoms with E-state index >= 15 is 0 Å². The molecule has 0 unspecified atom stereocenters. The largest absolute Gasteiger partial charge is 0.341 e. The Kier molecular flexibility index (Phi) is 4.19. The van der Waals surface area contributed by atoms with E-state index in [0.29, 0.717) is 18.7 Å². The highest BCUT2D eigenvalue weighted by Crippen LogP contribution is 2.14. The zero-order chi connectivity index (χ0) is 17.2. The molecule has 0 bridgehead atoms. The molecule has 1 aliphatic heterocycles. The zero-order valence-corrected chi connectivity index (χ0v) is 13.8. The van der Waals surface area contributed by atoms with Gasteiger partial charge in [-0.25, -0.2) is 9.37 Å². The summed E-state index contributed by atoms with van der Waals surface area (Å²) in [5.41, 5.74) is 2.42. The first-order valence-electron chi connectivity index (χ1n) is 8.40. The first-order valence-corrected chi connectivity index (χ1v) is 8.40. The fraction of sp³-hybridized carbons (Fsp3) is 0.263. The van der Waals surface area contributed by atoms with Gasteiger partial charge in [0.1, 0.15) is 11.6 Å². The molecule has 0 atom stereocenters. The molecule has 0 saturated carbocycles. The van der Waals surface area contributed by atoms with Crippen molar-refractivity contribution in [1.29, 1.82) is 0 Å². The maximum absolute atomic E-state index is 13.3. The van der Waals surface area contributed by atoms with Crippen LogP contribution in [-0.2, 0) is 6.54 Å². The summed E-state index contributed by atoms with van der Waals surface area (Å²) >= 11 is 0. The first kappa shape index (κ1) is 15.8. The van der Waals surface area contributed by atoms with Gasteiger partial charge in [-0.2, -0.15) is 0 Å². The van der Waals surface area contributed by atoms with Crippen LogP contribution in [0.1, 0.15) is 16.2 Å². The summed E-state index contributed by atoms with van der Waals surface area (Å²) in [5.74, 6) is 0.448. The quantitative estimate of drug-likeness (QED) is 0.799. The smallest absolute Gasteiger partial charge is 0.254 e. The van der Waals surface area contributed by atoms with Crippen molar-refractivity contribution < 1.29 is 9.18 Å². The molecule has 5 nitrogen and oxygen atoms in total. The standard InChI is InChI=1S/C19H19FN4O/c20-15-5-3-4-14(12-15)19(25)24-10-8-23(9-11-24)13-18-21-16-6-1-2-7-17(16)22-18/h1-7,12H,8-11,13H2,(H,21,22). The predicted octanol–water partition coefficient (Wildman–Crippen LogP) is 2.66. The van der Waals surface area contributed by atoms with Gasteiger partial charge in [0.2, 0.25) is 0 Å². The molecule has 1 fully saturated rings. The molecule has 1 aliphatic rings. The van der Waals surface area contributed by atoms with Gasteiger partial charge in [-0.15, -0.1) is 0 Å². The lowest BCUT2D eigenvalue weighted by Gasteiger charge is -2.34. The van der Waals surface area contributed by atoms with Crippen LogP contribution in [0.2, 0.25) is 0 Å². The average Bonchev–Trinajstić information content (AvgIpc) is 3.04. The van der Waals surface area contributed by atoms with Crippen molar-refractivity contribution in [3.8, 4) is 0 Å². The highest BCUT2D eigenvalue weighted by molar-refractivity contribution is 5.94. The van der Waals surface area contributed by atoms with Gasteiger partial charge in [0.05, 0.1) is 17.6 Å². The molecule has 128 valence electrons. The molecule has 1 aromatic heterocycles. The number of benzene rings is 2. The van der Waals surface area contributed by atoms with Crippen molar-refractivity contribution >= 4 is 16.9 Å². The average molecular weight is 338 g/mol. The van der Waals surface area contributed by atoms with Gasteiger partial charge in [-0.05, 0) is 30.3 Å². The molecular formula is C19H19FN4O. The molecule has 0 spiro atoms. The van der Waals surface area contributed by atoms with Gasteiger partial charge in [-0.3, -0.25) is 9.69 Å². The summed E-state index contributed by atoms with van der Waals surface area (Å²) in [7, 11) is 0. The van der Waals surface area contributed by atoms with Gasteiger partial charge in [0.25, 0.3) is 5.91 Å². The second-order valence-electron chi connectivity index (χ2n) is 6.28. The van der Waals surface area contributed by atoms with Gasteiger partial charge >= 0.3 is 0 Å². The SMILES string of the molecule is O=C(c1cccc(F)c1)N1CCN(Cc2nc3ccccc3[nH]2)CC1. The Balaban J connectivity index is 1.37. The van der Waals surface area contributed by atoms with E-state index in [-0.39, 0.29) is 11.7 Å². The zero-order valence-electron chi connectivity index (χ0n) is 13.8. The number of hydrogen-bond acceptors (Lipinski definition) is 3. The number of carbonyl (C=O) groups is 1. The van der Waals surface area contributed by atoms with E-state index in [4.69, 9.17) is 0 Å². The lowest BCUT2D eigenvalue weighted by molar-refractivity contribution is 0.0625. The lowest BCUT2D eigenvalue weighted by atomic mass is 10.1. The number of nitrogens with zero attached hydrogens (tertiary/aromatic N) is 3. The van der Waals surface area contributed by atoms with Crippen LogP contribution in [0.3, 0.4) is 0 Å². The maximum Gasteiger partial charge on any atom is 0.254 e. The van der Waals surface area contributed by atoms with Crippen molar-refractivity contribution in [2.24, 2.45) is 0 Å². The number of rotatable bonds is 3. The summed E-state index contributed by atoms with van der Waals surface area (Å²) in [4.78, 5) is 24.4. The molecule has 1 N–H and O–H groups in total. The molecule has 0 radical (unpaired) electrons. The number of amides is 1. The second kappa shape index (κ2) is 6.64. The molecule has 1 amide bonds. The second-order valence-corrected chi connectivity index (χ2v) is 6.28. The summed E-state index contributed by atoms with van der Waals surface area (Å²) in [6.45, 7) is 3.55. The topological polar surface area (TPSA) is 52.2 Å². The van der Waals surface area contributed by atoms with Gasteiger partial charge in [-0.1, -0.05) is 18.2 Å². The lowest BCUT2D eigenvalue weighted by Crippen LogP contribution is -2.48. The minimum Gasteiger partial charge on any atom is -0.341 e. The molecule has 0 aliphatic carbocycles. The normalized spacial score (nSPS) is 15.6. The van der Waals surface area contributed by atoms with Crippen LogP contribution in [0, 0.1) is 5.82 Å². The molecular weight excluding hydrogens is 319 g/mol. The number of fused-ring (bicyclic) bond motifs is 1. The monoisotopic (exact) mass is 338 g/mol. The molecule has 1 saturated heterocycles. The summed E-state index contributed by atoms with van der Waals surface area (Å²) in [6, 6.07) is 13.8. The fourth-order valence-corrected chi connectivity index (χ4v) is 3.21. The third-order valence-electron chi connectivity index (χ3n) is 4.54. The molecule has 2 heterocycles. The Bertz CT molecular complexity index is 866. The van der Waals surface area contributed by atoms with Crippen molar-refractivity contribution in [3.63, 3.8) is 0 Å². The number of nitrogens with one attached hydrogen (secondary N) is 1. The van der Waals surface area contributed by atoms with E-state index in [1.165, 1.54) is 12.1 Å². The predicted molar refractivity (Wildman–Crippen MR) is 93.7 cm³/mol. The van der Waals surface area contributed by atoms with Gasteiger partial charge in [0.15, 0.2) is 0 Å². The summed E-state index contributed by atoms with van der Waals surface area (Å²) in [6.07, 6.45) is 0.